The summed E-state index contributed by atoms with van der Waals surface area (Å²) in [6, 6.07) is 20.9. The zero-order valence-corrected chi connectivity index (χ0v) is 12.4. The van der Waals surface area contributed by atoms with E-state index in [2.05, 4.69) is 4.98 Å². The fourth-order valence-electron chi connectivity index (χ4n) is 2.61. The van der Waals surface area contributed by atoms with E-state index in [-0.39, 0.29) is 0 Å². The molecule has 1 aromatic heterocycles. The number of amides is 1. The first-order valence-electron chi connectivity index (χ1n) is 7.29. The van der Waals surface area contributed by atoms with Crippen molar-refractivity contribution < 1.29 is 10.0 Å². The minimum atomic E-state index is -0.552. The molecule has 3 aromatic rings. The Morgan fingerprint density at radius 3 is 2.17 bits per heavy atom. The first-order valence-corrected chi connectivity index (χ1v) is 7.29. The topological polar surface area (TPSA) is 62.2 Å². The molecule has 1 heterocycles. The molecule has 114 valence electrons. The summed E-state index contributed by atoms with van der Waals surface area (Å²) < 4.78 is 0. The van der Waals surface area contributed by atoms with E-state index in [4.69, 9.17) is 5.21 Å². The number of carbonyl (C=O) groups is 1. The monoisotopic (exact) mass is 304 g/mol. The lowest BCUT2D eigenvalue weighted by Crippen LogP contribution is -2.27. The third-order valence-corrected chi connectivity index (χ3v) is 3.74. The molecule has 0 aliphatic carbocycles. The number of hydrogen-bond donors (Lipinski definition) is 2. The maximum absolute atomic E-state index is 12.1. The minimum Gasteiger partial charge on any atom is -0.289 e. The van der Waals surface area contributed by atoms with Gasteiger partial charge in [0.1, 0.15) is 0 Å². The lowest BCUT2D eigenvalue weighted by atomic mass is 9.89. The van der Waals surface area contributed by atoms with Crippen LogP contribution in [0.2, 0.25) is 0 Å². The maximum Gasteiger partial charge on any atom is 0.255 e. The van der Waals surface area contributed by atoms with Gasteiger partial charge >= 0.3 is 0 Å². The first kappa shape index (κ1) is 14.9. The van der Waals surface area contributed by atoms with Gasteiger partial charge in [0.2, 0.25) is 0 Å². The number of hydrogen-bond acceptors (Lipinski definition) is 3. The molecular formula is C19H16N2O2. The molecule has 1 atom stereocenters. The van der Waals surface area contributed by atoms with Gasteiger partial charge < -0.3 is 0 Å². The minimum absolute atomic E-state index is 0.453. The van der Waals surface area contributed by atoms with Gasteiger partial charge in [-0.3, -0.25) is 15.0 Å². The summed E-state index contributed by atoms with van der Waals surface area (Å²) in [5, 5.41) is 9.05. The second-order valence-electron chi connectivity index (χ2n) is 5.18. The van der Waals surface area contributed by atoms with Gasteiger partial charge in [-0.1, -0.05) is 60.7 Å². The lowest BCUT2D eigenvalue weighted by Gasteiger charge is -2.16. The molecule has 0 saturated carbocycles. The Kier molecular flexibility index (Phi) is 4.45. The largest absolute Gasteiger partial charge is 0.289 e. The molecule has 4 nitrogen and oxygen atoms in total. The average Bonchev–Trinajstić information content (AvgIpc) is 2.64. The van der Waals surface area contributed by atoms with Gasteiger partial charge in [-0.05, 0) is 28.3 Å². The summed E-state index contributed by atoms with van der Waals surface area (Å²) in [5.74, 6) is -1.01. The summed E-state index contributed by atoms with van der Waals surface area (Å²) in [6.07, 6.45) is 3.53. The van der Waals surface area contributed by atoms with E-state index >= 15 is 0 Å². The summed E-state index contributed by atoms with van der Waals surface area (Å²) in [5.41, 5.74) is 5.44. The van der Waals surface area contributed by atoms with Crippen molar-refractivity contribution in [3.63, 3.8) is 0 Å². The van der Waals surface area contributed by atoms with Crippen LogP contribution in [-0.2, 0) is 4.79 Å². The fraction of sp³-hybridized carbons (Fsp3) is 0.0526. The molecular weight excluding hydrogens is 288 g/mol. The van der Waals surface area contributed by atoms with Gasteiger partial charge in [0.15, 0.2) is 0 Å². The number of carbonyl (C=O) groups excluding carboxylic acids is 1. The van der Waals surface area contributed by atoms with Gasteiger partial charge in [-0.2, -0.15) is 0 Å². The van der Waals surface area contributed by atoms with Crippen LogP contribution in [0.5, 0.6) is 0 Å². The second-order valence-corrected chi connectivity index (χ2v) is 5.18. The highest BCUT2D eigenvalue weighted by molar-refractivity contribution is 5.86. The number of benzene rings is 2. The van der Waals surface area contributed by atoms with Gasteiger partial charge in [-0.15, -0.1) is 0 Å². The summed E-state index contributed by atoms with van der Waals surface area (Å²) in [7, 11) is 0. The molecule has 3 rings (SSSR count). The normalized spacial score (nSPS) is 11.7. The van der Waals surface area contributed by atoms with Crippen molar-refractivity contribution in [3.05, 3.63) is 90.3 Å². The number of nitrogens with one attached hydrogen (secondary N) is 1. The zero-order chi connectivity index (χ0) is 16.1. The molecule has 1 unspecified atom stereocenters. The van der Waals surface area contributed by atoms with Crippen molar-refractivity contribution in [1.29, 1.82) is 0 Å². The van der Waals surface area contributed by atoms with E-state index in [0.29, 0.717) is 0 Å². The molecule has 1 amide bonds. The number of pyridine rings is 1. The molecule has 2 aromatic carbocycles. The third-order valence-electron chi connectivity index (χ3n) is 3.74. The van der Waals surface area contributed by atoms with Crippen molar-refractivity contribution >= 4 is 5.91 Å². The number of aromatic nitrogens is 1. The first-order chi connectivity index (χ1) is 11.3. The van der Waals surface area contributed by atoms with E-state index in [9.17, 15) is 4.79 Å². The van der Waals surface area contributed by atoms with E-state index in [1.165, 1.54) is 0 Å². The lowest BCUT2D eigenvalue weighted by molar-refractivity contribution is -0.129. The summed E-state index contributed by atoms with van der Waals surface area (Å²) in [4.78, 5) is 16.2. The standard InChI is InChI=1S/C19H16N2O2/c22-19(21-23)18(15-5-2-1-3-6-15)16-10-8-14(9-11-16)17-7-4-12-20-13-17/h1-13,18,23H,(H,21,22). The summed E-state index contributed by atoms with van der Waals surface area (Å²) in [6.45, 7) is 0. The Balaban J connectivity index is 1.96. The van der Waals surface area contributed by atoms with Crippen molar-refractivity contribution in [2.45, 2.75) is 5.92 Å². The van der Waals surface area contributed by atoms with Crippen LogP contribution in [0, 0.1) is 0 Å². The predicted octanol–water partition coefficient (Wildman–Crippen LogP) is 3.39. The van der Waals surface area contributed by atoms with Gasteiger partial charge in [0.25, 0.3) is 5.91 Å². The van der Waals surface area contributed by atoms with Crippen LogP contribution >= 0.6 is 0 Å². The molecule has 0 aliphatic rings. The molecule has 0 radical (unpaired) electrons. The Morgan fingerprint density at radius 1 is 0.870 bits per heavy atom. The Labute approximate surface area is 134 Å². The molecule has 0 spiro atoms. The average molecular weight is 304 g/mol. The number of nitrogens with zero attached hydrogens (tertiary/aromatic N) is 1. The van der Waals surface area contributed by atoms with Crippen LogP contribution in [0.3, 0.4) is 0 Å². The van der Waals surface area contributed by atoms with Crippen molar-refractivity contribution in [2.75, 3.05) is 0 Å². The second kappa shape index (κ2) is 6.85. The smallest absolute Gasteiger partial charge is 0.255 e. The van der Waals surface area contributed by atoms with E-state index in [1.54, 1.807) is 17.9 Å². The van der Waals surface area contributed by atoms with E-state index < -0.39 is 11.8 Å². The van der Waals surface area contributed by atoms with Gasteiger partial charge in [0.05, 0.1) is 5.92 Å². The molecule has 4 heteroatoms. The highest BCUT2D eigenvalue weighted by Gasteiger charge is 2.22. The van der Waals surface area contributed by atoms with Gasteiger partial charge in [-0.25, -0.2) is 5.48 Å². The van der Waals surface area contributed by atoms with E-state index in [0.717, 1.165) is 22.3 Å². The molecule has 0 saturated heterocycles. The number of rotatable bonds is 4. The van der Waals surface area contributed by atoms with Crippen LogP contribution < -0.4 is 5.48 Å². The maximum atomic E-state index is 12.1. The fourth-order valence-corrected chi connectivity index (χ4v) is 2.61. The van der Waals surface area contributed by atoms with Crippen molar-refractivity contribution in [1.82, 2.24) is 10.5 Å². The van der Waals surface area contributed by atoms with Crippen LogP contribution in [0.25, 0.3) is 11.1 Å². The highest BCUT2D eigenvalue weighted by atomic mass is 16.5. The molecule has 2 N–H and O–H groups in total. The van der Waals surface area contributed by atoms with Crippen molar-refractivity contribution in [3.8, 4) is 11.1 Å². The number of hydroxylamine groups is 1. The van der Waals surface area contributed by atoms with Crippen LogP contribution in [-0.4, -0.2) is 16.1 Å². The van der Waals surface area contributed by atoms with Crippen LogP contribution in [0.4, 0.5) is 0 Å². The molecule has 23 heavy (non-hydrogen) atoms. The molecule has 0 bridgehead atoms. The summed E-state index contributed by atoms with van der Waals surface area (Å²) >= 11 is 0. The van der Waals surface area contributed by atoms with Crippen molar-refractivity contribution in [2.24, 2.45) is 0 Å². The Hall–Kier alpha value is -2.98. The van der Waals surface area contributed by atoms with Gasteiger partial charge in [0, 0.05) is 12.4 Å². The Bertz CT molecular complexity index is 771. The third kappa shape index (κ3) is 3.27. The quantitative estimate of drug-likeness (QED) is 0.574. The Morgan fingerprint density at radius 2 is 1.57 bits per heavy atom. The van der Waals surface area contributed by atoms with Crippen LogP contribution in [0.1, 0.15) is 17.0 Å². The predicted molar refractivity (Wildman–Crippen MR) is 87.9 cm³/mol. The van der Waals surface area contributed by atoms with Crippen LogP contribution in [0.15, 0.2) is 79.1 Å². The highest BCUT2D eigenvalue weighted by Crippen LogP contribution is 2.27. The SMILES string of the molecule is O=C(NO)C(c1ccccc1)c1ccc(-c2cccnc2)cc1. The van der Waals surface area contributed by atoms with E-state index in [1.807, 2.05) is 66.7 Å². The zero-order valence-electron chi connectivity index (χ0n) is 12.4. The molecule has 0 aliphatic heterocycles. The molecule has 0 fully saturated rings.